The molecule has 0 unspecified atom stereocenters. The van der Waals surface area contributed by atoms with Crippen molar-refractivity contribution in [1.82, 2.24) is 55.2 Å². The zero-order valence-electron chi connectivity index (χ0n) is 56.3. The molecule has 0 saturated heterocycles. The number of rotatable bonds is 13. The standard InChI is InChI=1S/2C24H38N4O2.C24H37N3O3/c1-4-24(30)12-10-17-16(13-24)5-6-19-18(17)9-11-23(3)20(19)7-8-21(23)22(29)14-28-15(2)25-26-27-28;1-4-24(30)12-10-17-16(13-24)5-6-19-18(17)9-11-23(3)20(19)7-8-21(23)22(29)14-28-26-15(2)25-27-28;1-23-9-7-18-17-8-10-24(29,13-30-2)11-16(17)3-4-19(18)20(23)5-6-21(23)22(28)12-27-15-25-14-26-27/h2*16-21,30H,4-14H2,1-3H3;14-21,29H,3-13H2,1-2H3/t3*16-,17+,18-,19-,20+,21-,23+,24-/m111/s1. The SMILES string of the molecule is CC[C@@]1(O)CC[C@H]2[C@H](CC[C@@H]3[C@@H]2CC[C@]2(C)[C@@H](C(=O)Cn4nnc(C)n4)CC[C@@H]32)C1.CC[C@@]1(O)CC[C@H]2[C@H](CC[C@@H]3[C@@H]2CC[C@]2(C)[C@@H](C(=O)Cn4nnnc4C)CC[C@@H]32)C1.COC[C@@]1(O)CC[C@H]2[C@H](CC[C@@H]3[C@@H]2CC[C@]2(C)[C@@H](C(=O)Cn4cncn4)CC[C@@H]32)C1. The first kappa shape index (κ1) is 64.8. The van der Waals surface area contributed by atoms with Gasteiger partial charge in [-0.15, -0.1) is 15.3 Å². The fourth-order valence-corrected chi connectivity index (χ4v) is 25.4. The minimum absolute atomic E-state index is 0.138. The van der Waals surface area contributed by atoms with Crippen LogP contribution < -0.4 is 0 Å². The van der Waals surface area contributed by atoms with Crippen molar-refractivity contribution >= 4 is 17.3 Å². The summed E-state index contributed by atoms with van der Waals surface area (Å²) in [6, 6.07) is 0. The van der Waals surface area contributed by atoms with Crippen LogP contribution in [0, 0.1) is 137 Å². The van der Waals surface area contributed by atoms with Crippen molar-refractivity contribution in [2.24, 2.45) is 123 Å². The Hall–Kier alpha value is -3.87. The van der Waals surface area contributed by atoms with E-state index in [-0.39, 0.29) is 40.5 Å². The smallest absolute Gasteiger partial charge is 0.171 e. The third-order valence-electron chi connectivity index (χ3n) is 29.9. The highest BCUT2D eigenvalue weighted by atomic mass is 16.5. The van der Waals surface area contributed by atoms with Crippen LogP contribution in [-0.2, 0) is 38.8 Å². The lowest BCUT2D eigenvalue weighted by atomic mass is 9.48. The Morgan fingerprint density at radius 1 is 0.511 bits per heavy atom. The number of aliphatic hydroxyl groups is 3. The van der Waals surface area contributed by atoms with Crippen LogP contribution in [0.5, 0.6) is 0 Å². The fourth-order valence-electron chi connectivity index (χ4n) is 25.4. The summed E-state index contributed by atoms with van der Waals surface area (Å²) < 4.78 is 8.66. The molecule has 90 heavy (non-hydrogen) atoms. The predicted molar refractivity (Wildman–Crippen MR) is 339 cm³/mol. The molecule has 3 N–H and O–H groups in total. The van der Waals surface area contributed by atoms with Crippen LogP contribution in [0.2, 0.25) is 0 Å². The lowest BCUT2D eigenvalue weighted by Gasteiger charge is -2.57. The normalized spacial score (nSPS) is 45.5. The van der Waals surface area contributed by atoms with E-state index in [9.17, 15) is 29.7 Å². The van der Waals surface area contributed by atoms with Crippen molar-refractivity contribution in [1.29, 1.82) is 0 Å². The lowest BCUT2D eigenvalue weighted by Crippen LogP contribution is -2.52. The topological polar surface area (TPSA) is 239 Å². The molecule has 0 spiro atoms. The largest absolute Gasteiger partial charge is 0.390 e. The molecule has 3 aromatic rings. The van der Waals surface area contributed by atoms with Crippen LogP contribution in [0.3, 0.4) is 0 Å². The van der Waals surface area contributed by atoms with E-state index in [0.29, 0.717) is 66.5 Å². The van der Waals surface area contributed by atoms with E-state index >= 15 is 0 Å². The van der Waals surface area contributed by atoms with Crippen LogP contribution >= 0.6 is 0 Å². The first-order valence-electron chi connectivity index (χ1n) is 36.6. The molecular formula is C72H113N11O7. The summed E-state index contributed by atoms with van der Waals surface area (Å²) in [5, 5.41) is 60.6. The number of carbonyl (C=O) groups is 3. The molecule has 0 amide bonds. The minimum Gasteiger partial charge on any atom is -0.390 e. The first-order chi connectivity index (χ1) is 43.1. The number of nitrogens with zero attached hydrogens (tertiary/aromatic N) is 11. The Labute approximate surface area is 536 Å². The molecule has 12 aliphatic carbocycles. The molecular weight excluding hydrogens is 1130 g/mol. The predicted octanol–water partition coefficient (Wildman–Crippen LogP) is 11.4. The van der Waals surface area contributed by atoms with E-state index in [4.69, 9.17) is 4.74 Å². The number of tetrazole rings is 2. The lowest BCUT2D eigenvalue weighted by molar-refractivity contribution is -0.137. The Morgan fingerprint density at radius 3 is 1.34 bits per heavy atom. The van der Waals surface area contributed by atoms with Gasteiger partial charge in [-0.3, -0.25) is 14.4 Å². The number of aromatic nitrogens is 11. The average Bonchev–Trinajstić information content (AvgIpc) is 1.44. The summed E-state index contributed by atoms with van der Waals surface area (Å²) in [5.74, 6) is 14.0. The zero-order chi connectivity index (χ0) is 63.1. The molecule has 3 aromatic heterocycles. The van der Waals surface area contributed by atoms with Gasteiger partial charge in [-0.05, 0) is 321 Å². The summed E-state index contributed by atoms with van der Waals surface area (Å²) in [4.78, 5) is 45.1. The number of carbonyl (C=O) groups excluding carboxylic acids is 3. The van der Waals surface area contributed by atoms with Gasteiger partial charge in [0.05, 0.1) is 23.4 Å². The van der Waals surface area contributed by atoms with Gasteiger partial charge >= 0.3 is 0 Å². The van der Waals surface area contributed by atoms with Gasteiger partial charge in [0.1, 0.15) is 38.1 Å². The third kappa shape index (κ3) is 11.9. The Balaban J connectivity index is 0.000000124. The number of methoxy groups -OCH3 is 1. The van der Waals surface area contributed by atoms with Crippen molar-refractivity contribution in [2.45, 2.75) is 271 Å². The summed E-state index contributed by atoms with van der Waals surface area (Å²) >= 11 is 0. The van der Waals surface area contributed by atoms with Crippen molar-refractivity contribution < 1.29 is 34.4 Å². The van der Waals surface area contributed by atoms with Gasteiger partial charge in [-0.1, -0.05) is 34.6 Å². The number of ketones is 3. The maximum atomic E-state index is 13.3. The van der Waals surface area contributed by atoms with Gasteiger partial charge in [-0.25, -0.2) is 14.3 Å². The highest BCUT2D eigenvalue weighted by Gasteiger charge is 2.63. The van der Waals surface area contributed by atoms with E-state index in [1.807, 2.05) is 13.8 Å². The van der Waals surface area contributed by atoms with E-state index in [0.717, 1.165) is 148 Å². The summed E-state index contributed by atoms with van der Waals surface area (Å²) in [6.45, 7) is 16.6. The summed E-state index contributed by atoms with van der Waals surface area (Å²) in [6.07, 6.45) is 36.1. The quantitative estimate of drug-likeness (QED) is 0.144. The maximum Gasteiger partial charge on any atom is 0.171 e. The minimum atomic E-state index is -0.613. The zero-order valence-corrected chi connectivity index (χ0v) is 56.3. The van der Waals surface area contributed by atoms with E-state index in [2.05, 4.69) is 75.6 Å². The molecule has 12 fully saturated rings. The van der Waals surface area contributed by atoms with Crippen molar-refractivity contribution in [3.63, 3.8) is 0 Å². The molecule has 18 nitrogen and oxygen atoms in total. The highest BCUT2D eigenvalue weighted by molar-refractivity contribution is 5.83. The van der Waals surface area contributed by atoms with Crippen molar-refractivity contribution in [3.8, 4) is 0 Å². The van der Waals surface area contributed by atoms with Gasteiger partial charge in [0.15, 0.2) is 23.2 Å². The van der Waals surface area contributed by atoms with Crippen molar-refractivity contribution in [3.05, 3.63) is 24.3 Å². The number of hydrogen-bond donors (Lipinski definition) is 3. The molecule has 15 rings (SSSR count). The van der Waals surface area contributed by atoms with Gasteiger partial charge in [0, 0.05) is 24.9 Å². The van der Waals surface area contributed by atoms with Gasteiger partial charge in [-0.2, -0.15) is 9.90 Å². The van der Waals surface area contributed by atoms with Gasteiger partial charge in [0.25, 0.3) is 0 Å². The fraction of sp³-hybridized carbons (Fsp3) is 0.903. The van der Waals surface area contributed by atoms with Crippen molar-refractivity contribution in [2.75, 3.05) is 13.7 Å². The molecule has 12 saturated carbocycles. The molecule has 0 bridgehead atoms. The van der Waals surface area contributed by atoms with Gasteiger partial charge in [0.2, 0.25) is 0 Å². The van der Waals surface area contributed by atoms with E-state index in [1.165, 1.54) is 120 Å². The molecule has 18 heteroatoms. The van der Waals surface area contributed by atoms with Gasteiger partial charge < -0.3 is 20.1 Å². The van der Waals surface area contributed by atoms with Crippen LogP contribution in [0.4, 0.5) is 0 Å². The number of Topliss-reactive ketones (excluding diaryl/α,β-unsaturated/α-hetero) is 3. The molecule has 498 valence electrons. The number of aryl methyl sites for hydroxylation is 2. The van der Waals surface area contributed by atoms with E-state index < -0.39 is 16.8 Å². The Kier molecular flexibility index (Phi) is 18.3. The van der Waals surface area contributed by atoms with E-state index in [1.54, 1.807) is 22.8 Å². The number of hydrogen-bond acceptors (Lipinski definition) is 15. The average molecular weight is 1240 g/mol. The second kappa shape index (κ2) is 25.4. The number of fused-ring (bicyclic) bond motifs is 15. The molecule has 0 aliphatic heterocycles. The maximum absolute atomic E-state index is 13.3. The van der Waals surface area contributed by atoms with Crippen LogP contribution in [0.25, 0.3) is 0 Å². The van der Waals surface area contributed by atoms with Crippen LogP contribution in [0.15, 0.2) is 12.7 Å². The van der Waals surface area contributed by atoms with Crippen LogP contribution in [-0.4, -0.2) is 118 Å². The summed E-state index contributed by atoms with van der Waals surface area (Å²) in [7, 11) is 1.70. The number of ether oxygens (including phenoxy) is 1. The second-order valence-electron chi connectivity index (χ2n) is 33.6. The molecule has 0 aromatic carbocycles. The highest BCUT2D eigenvalue weighted by Crippen LogP contribution is 2.68. The third-order valence-corrected chi connectivity index (χ3v) is 29.9. The Bertz CT molecular complexity index is 3010. The molecule has 0 radical (unpaired) electrons. The monoisotopic (exact) mass is 1240 g/mol. The summed E-state index contributed by atoms with van der Waals surface area (Å²) in [5.41, 5.74) is -0.993. The van der Waals surface area contributed by atoms with Crippen LogP contribution in [0.1, 0.15) is 232 Å². The molecule has 24 atom stereocenters. The second-order valence-corrected chi connectivity index (χ2v) is 33.6. The molecule has 3 heterocycles. The Morgan fingerprint density at radius 2 is 0.944 bits per heavy atom. The molecule has 12 aliphatic rings. The first-order valence-corrected chi connectivity index (χ1v) is 36.6.